The Morgan fingerprint density at radius 1 is 0.280 bits per heavy atom. The van der Waals surface area contributed by atoms with Gasteiger partial charge in [-0.25, -0.2) is 0 Å². The van der Waals surface area contributed by atoms with Crippen LogP contribution in [0.1, 0.15) is 253 Å². The van der Waals surface area contributed by atoms with Crippen LogP contribution in [-0.2, 0) is 18.3 Å². The number of fused-ring (bicyclic) bond motifs is 12. The van der Waals surface area contributed by atoms with Crippen molar-refractivity contribution >= 4 is 43.9 Å². The second-order valence-electron chi connectivity index (χ2n) is 30.5. The van der Waals surface area contributed by atoms with Crippen LogP contribution in [0.4, 0.5) is 0 Å². The van der Waals surface area contributed by atoms with Gasteiger partial charge in [0, 0.05) is 32.9 Å². The van der Waals surface area contributed by atoms with Gasteiger partial charge in [0.2, 0.25) is 0 Å². The maximum atomic E-state index is 6.56. The number of hydrogen-bond acceptors (Lipinski definition) is 2. The molecule has 2 heterocycles. The normalized spacial score (nSPS) is 13.7. The van der Waals surface area contributed by atoms with Gasteiger partial charge in [-0.15, -0.1) is 0 Å². The minimum absolute atomic E-state index is 0.0543. The first-order valence-electron chi connectivity index (χ1n) is 40.0. The Hall–Kier alpha value is -8.20. The second kappa shape index (κ2) is 33.1. The molecular weight excluding hydrogens is 1210 g/mol. The van der Waals surface area contributed by atoms with Gasteiger partial charge in [0.25, 0.3) is 0 Å². The Labute approximate surface area is 599 Å². The molecule has 10 aromatic carbocycles. The van der Waals surface area contributed by atoms with Crippen molar-refractivity contribution in [2.24, 2.45) is 5.92 Å². The Morgan fingerprint density at radius 2 is 0.630 bits per heavy atom. The molecular formula is C98H110O2. The van der Waals surface area contributed by atoms with Crippen LogP contribution in [0.15, 0.2) is 215 Å². The van der Waals surface area contributed by atoms with Crippen molar-refractivity contribution in [3.05, 3.63) is 240 Å². The highest BCUT2D eigenvalue weighted by Gasteiger charge is 2.42. The van der Waals surface area contributed by atoms with E-state index in [0.717, 1.165) is 41.6 Å². The lowest BCUT2D eigenvalue weighted by Crippen LogP contribution is -2.25. The third-order valence-corrected chi connectivity index (χ3v) is 23.6. The highest BCUT2D eigenvalue weighted by molar-refractivity contribution is 6.09. The minimum atomic E-state index is 0.0543. The van der Waals surface area contributed by atoms with Crippen molar-refractivity contribution in [1.82, 2.24) is 0 Å². The molecule has 100 heavy (non-hydrogen) atoms. The predicted octanol–water partition coefficient (Wildman–Crippen LogP) is 30.3. The van der Waals surface area contributed by atoms with E-state index in [4.69, 9.17) is 8.83 Å². The third kappa shape index (κ3) is 15.2. The number of aryl methyl sites for hydroxylation is 2. The average molecular weight is 1320 g/mol. The topological polar surface area (TPSA) is 26.3 Å². The molecule has 0 saturated heterocycles. The molecule has 514 valence electrons. The summed E-state index contributed by atoms with van der Waals surface area (Å²) in [5, 5.41) is 4.71. The second-order valence-corrected chi connectivity index (χ2v) is 30.5. The van der Waals surface area contributed by atoms with Gasteiger partial charge in [0.15, 0.2) is 0 Å². The highest BCUT2D eigenvalue weighted by Crippen LogP contribution is 2.56. The van der Waals surface area contributed by atoms with Crippen molar-refractivity contribution in [3.8, 4) is 66.8 Å². The van der Waals surface area contributed by atoms with E-state index < -0.39 is 0 Å². The SMILES string of the molecule is CCCCCCCCC(CCCCCCCC)C1c2ccccc2-c2ccc(-c3ccc4oc5ccc(-c6ccc(CCCc7ccc(-c8ccc9oc%10ccc(-c%11ccc%12c(c%11)C(CCCCCCCC)(CCCCCCCC)c%11ccccc%11-%12)cc%10c9c8)cc7)cc6)cc5c4c3)cc21. The first kappa shape index (κ1) is 68.9. The van der Waals surface area contributed by atoms with E-state index in [0.29, 0.717) is 11.8 Å². The quantitative estimate of drug-likeness (QED) is 0.0363. The molecule has 0 fully saturated rings. The standard InChI is InChI=1S/C98H110O2/c1-5-9-13-17-21-25-36-74(37-26-22-18-14-10-6-2)97-85-40-28-27-38-81(85)82-56-50-77(68-90(82)97)78-54-60-95-88(66-78)86-64-75(52-58-93(86)99-95)72-46-42-70(43-47-72)34-33-35-71-44-48-73(49-45-71)76-53-59-94-87(65-76)89-67-79(55-61-96(89)100-94)80-51-57-84-83-39-29-30-41-91(83)98(92(84)69-80,62-31-23-19-15-11-7-3)63-32-24-20-16-12-8-4/h27-30,38-61,64-69,74,97H,5-26,31-37,62-63H2,1-4H3. The molecule has 2 heteroatoms. The van der Waals surface area contributed by atoms with Gasteiger partial charge < -0.3 is 8.83 Å². The van der Waals surface area contributed by atoms with Crippen LogP contribution in [0.25, 0.3) is 111 Å². The summed E-state index contributed by atoms with van der Waals surface area (Å²) in [7, 11) is 0. The summed E-state index contributed by atoms with van der Waals surface area (Å²) < 4.78 is 13.1. The summed E-state index contributed by atoms with van der Waals surface area (Å²) in [5.41, 5.74) is 28.6. The summed E-state index contributed by atoms with van der Waals surface area (Å²) in [5.74, 6) is 1.10. The molecule has 0 bridgehead atoms. The smallest absolute Gasteiger partial charge is 0.135 e. The number of unbranched alkanes of at least 4 members (excludes halogenated alkanes) is 20. The fraction of sp³-hybridized carbons (Fsp3) is 0.388. The van der Waals surface area contributed by atoms with Crippen molar-refractivity contribution < 1.29 is 8.83 Å². The molecule has 0 spiro atoms. The van der Waals surface area contributed by atoms with E-state index in [9.17, 15) is 0 Å². The van der Waals surface area contributed by atoms with E-state index >= 15 is 0 Å². The zero-order valence-corrected chi connectivity index (χ0v) is 61.0. The monoisotopic (exact) mass is 1320 g/mol. The Kier molecular flexibility index (Phi) is 22.8. The van der Waals surface area contributed by atoms with Crippen LogP contribution < -0.4 is 0 Å². The first-order chi connectivity index (χ1) is 49.4. The molecule has 2 aliphatic rings. The highest BCUT2D eigenvalue weighted by atomic mass is 16.3. The molecule has 1 atom stereocenters. The van der Waals surface area contributed by atoms with Crippen molar-refractivity contribution in [2.75, 3.05) is 0 Å². The third-order valence-electron chi connectivity index (χ3n) is 23.6. The summed E-state index contributed by atoms with van der Waals surface area (Å²) in [4.78, 5) is 0. The predicted molar refractivity (Wildman–Crippen MR) is 430 cm³/mol. The number of rotatable bonds is 37. The fourth-order valence-corrected chi connectivity index (χ4v) is 18.0. The van der Waals surface area contributed by atoms with Gasteiger partial charge in [-0.2, -0.15) is 0 Å². The van der Waals surface area contributed by atoms with Gasteiger partial charge in [-0.05, 0) is 212 Å². The Balaban J connectivity index is 0.636. The largest absolute Gasteiger partial charge is 0.456 e. The van der Waals surface area contributed by atoms with E-state index in [1.54, 1.807) is 16.7 Å². The molecule has 2 aliphatic carbocycles. The van der Waals surface area contributed by atoms with Crippen molar-refractivity contribution in [3.63, 3.8) is 0 Å². The fourth-order valence-electron chi connectivity index (χ4n) is 18.0. The van der Waals surface area contributed by atoms with E-state index in [2.05, 4.69) is 234 Å². The van der Waals surface area contributed by atoms with Crippen LogP contribution in [0, 0.1) is 5.92 Å². The lowest BCUT2D eigenvalue weighted by molar-refractivity contribution is 0.371. The van der Waals surface area contributed by atoms with Crippen molar-refractivity contribution in [1.29, 1.82) is 0 Å². The Morgan fingerprint density at radius 3 is 1.11 bits per heavy atom. The number of furan rings is 2. The van der Waals surface area contributed by atoms with E-state index in [-0.39, 0.29) is 5.41 Å². The van der Waals surface area contributed by atoms with E-state index in [1.165, 1.54) is 285 Å². The lowest BCUT2D eigenvalue weighted by atomic mass is 9.70. The first-order valence-corrected chi connectivity index (χ1v) is 40.0. The summed E-state index contributed by atoms with van der Waals surface area (Å²) >= 11 is 0. The van der Waals surface area contributed by atoms with Gasteiger partial charge >= 0.3 is 0 Å². The molecule has 0 aliphatic heterocycles. The minimum Gasteiger partial charge on any atom is -0.456 e. The van der Waals surface area contributed by atoms with Crippen LogP contribution in [0.3, 0.4) is 0 Å². The van der Waals surface area contributed by atoms with Crippen LogP contribution >= 0.6 is 0 Å². The molecule has 2 nitrogen and oxygen atoms in total. The van der Waals surface area contributed by atoms with E-state index in [1.807, 2.05) is 0 Å². The summed E-state index contributed by atoms with van der Waals surface area (Å²) in [6, 6.07) is 79.5. The molecule has 0 N–H and O–H groups in total. The molecule has 0 radical (unpaired) electrons. The van der Waals surface area contributed by atoms with Gasteiger partial charge in [0.1, 0.15) is 22.3 Å². The van der Waals surface area contributed by atoms with Gasteiger partial charge in [-0.3, -0.25) is 0 Å². The molecule has 0 saturated carbocycles. The van der Waals surface area contributed by atoms with Crippen LogP contribution in [0.2, 0.25) is 0 Å². The molecule has 1 unspecified atom stereocenters. The maximum absolute atomic E-state index is 6.56. The molecule has 14 rings (SSSR count). The van der Waals surface area contributed by atoms with Crippen molar-refractivity contribution in [2.45, 2.75) is 238 Å². The molecule has 0 amide bonds. The maximum Gasteiger partial charge on any atom is 0.135 e. The Bertz CT molecular complexity index is 4630. The molecule has 12 aromatic rings. The zero-order chi connectivity index (χ0) is 68.0. The molecule has 2 aromatic heterocycles. The van der Waals surface area contributed by atoms with Crippen LogP contribution in [-0.4, -0.2) is 0 Å². The lowest BCUT2D eigenvalue weighted by Gasteiger charge is -2.33. The summed E-state index contributed by atoms with van der Waals surface area (Å²) in [6.07, 6.45) is 40.4. The average Bonchev–Trinajstić information content (AvgIpc) is 1.57. The number of hydrogen-bond donors (Lipinski definition) is 0. The van der Waals surface area contributed by atoms with Gasteiger partial charge in [-0.1, -0.05) is 327 Å². The summed E-state index contributed by atoms with van der Waals surface area (Å²) in [6.45, 7) is 9.30. The zero-order valence-electron chi connectivity index (χ0n) is 61.0. The van der Waals surface area contributed by atoms with Gasteiger partial charge in [0.05, 0.1) is 0 Å². The number of benzene rings is 10. The van der Waals surface area contributed by atoms with Crippen LogP contribution in [0.5, 0.6) is 0 Å².